The van der Waals surface area contributed by atoms with Gasteiger partial charge < -0.3 is 10.2 Å². The molecule has 5 nitrogen and oxygen atoms in total. The Morgan fingerprint density at radius 2 is 1.86 bits per heavy atom. The lowest BCUT2D eigenvalue weighted by Crippen LogP contribution is -2.47. The fourth-order valence-electron chi connectivity index (χ4n) is 2.59. The molecule has 1 fully saturated rings. The number of pyridine rings is 1. The summed E-state index contributed by atoms with van der Waals surface area (Å²) in [5.74, 6) is 0.986. The van der Waals surface area contributed by atoms with Gasteiger partial charge in [0.05, 0.1) is 5.69 Å². The van der Waals surface area contributed by atoms with E-state index in [-0.39, 0.29) is 0 Å². The predicted octanol–water partition coefficient (Wildman–Crippen LogP) is 1.19. The van der Waals surface area contributed by atoms with Crippen LogP contribution in [0, 0.1) is 0 Å². The zero-order valence-electron chi connectivity index (χ0n) is 13.7. The fourth-order valence-corrected chi connectivity index (χ4v) is 2.59. The van der Waals surface area contributed by atoms with Gasteiger partial charge in [0.25, 0.3) is 0 Å². The summed E-state index contributed by atoms with van der Waals surface area (Å²) in [6, 6.07) is 6.25. The number of nitrogens with one attached hydrogen (secondary N) is 1. The molecule has 1 aliphatic rings. The average Bonchev–Trinajstić information content (AvgIpc) is 2.47. The summed E-state index contributed by atoms with van der Waals surface area (Å²) >= 11 is 0. The van der Waals surface area contributed by atoms with Crippen LogP contribution in [-0.2, 0) is 6.54 Å². The number of piperazine rings is 1. The summed E-state index contributed by atoms with van der Waals surface area (Å²) in [7, 11) is 4.28. The zero-order valence-corrected chi connectivity index (χ0v) is 13.7. The minimum Gasteiger partial charge on any atom is -0.370 e. The molecule has 1 saturated heterocycles. The highest BCUT2D eigenvalue weighted by Crippen LogP contribution is 2.09. The van der Waals surface area contributed by atoms with E-state index in [4.69, 9.17) is 0 Å². The Morgan fingerprint density at radius 3 is 2.52 bits per heavy atom. The van der Waals surface area contributed by atoms with Gasteiger partial charge in [-0.05, 0) is 33.2 Å². The van der Waals surface area contributed by atoms with Gasteiger partial charge in [-0.15, -0.1) is 0 Å². The van der Waals surface area contributed by atoms with Crippen molar-refractivity contribution in [2.75, 3.05) is 65.2 Å². The lowest BCUT2D eigenvalue weighted by Gasteiger charge is -2.35. The summed E-state index contributed by atoms with van der Waals surface area (Å²) in [5.41, 5.74) is 1.16. The monoisotopic (exact) mass is 291 g/mol. The lowest BCUT2D eigenvalue weighted by atomic mass is 10.2. The Hall–Kier alpha value is -1.17. The number of hydrogen-bond acceptors (Lipinski definition) is 5. The van der Waals surface area contributed by atoms with Crippen molar-refractivity contribution < 1.29 is 0 Å². The first-order valence-corrected chi connectivity index (χ1v) is 7.96. The molecule has 21 heavy (non-hydrogen) atoms. The van der Waals surface area contributed by atoms with Crippen molar-refractivity contribution in [3.63, 3.8) is 0 Å². The van der Waals surface area contributed by atoms with Crippen LogP contribution in [0.15, 0.2) is 18.2 Å². The van der Waals surface area contributed by atoms with Crippen molar-refractivity contribution in [3.8, 4) is 0 Å². The van der Waals surface area contributed by atoms with Gasteiger partial charge >= 0.3 is 0 Å². The van der Waals surface area contributed by atoms with Gasteiger partial charge in [-0.3, -0.25) is 9.80 Å². The van der Waals surface area contributed by atoms with Crippen molar-refractivity contribution in [3.05, 3.63) is 23.9 Å². The number of anilines is 1. The Balaban J connectivity index is 1.76. The van der Waals surface area contributed by atoms with Crippen molar-refractivity contribution in [1.29, 1.82) is 0 Å². The first-order valence-electron chi connectivity index (χ1n) is 7.96. The maximum Gasteiger partial charge on any atom is 0.126 e. The van der Waals surface area contributed by atoms with Gasteiger partial charge in [0, 0.05) is 52.4 Å². The Morgan fingerprint density at radius 1 is 1.14 bits per heavy atom. The van der Waals surface area contributed by atoms with Gasteiger partial charge in [-0.2, -0.15) is 0 Å². The van der Waals surface area contributed by atoms with E-state index in [9.17, 15) is 0 Å². The van der Waals surface area contributed by atoms with Crippen LogP contribution in [0.2, 0.25) is 0 Å². The second-order valence-electron chi connectivity index (χ2n) is 5.97. The molecule has 2 rings (SSSR count). The Kier molecular flexibility index (Phi) is 6.42. The standard InChI is InChI=1S/C16H29N5/c1-4-17-16-7-5-6-15(18-16)14-21-12-10-20(11-13-21)9-8-19(2)3/h5-7H,4,8-14H2,1-3H3,(H,17,18). The van der Waals surface area contributed by atoms with E-state index in [1.165, 1.54) is 19.6 Å². The van der Waals surface area contributed by atoms with Crippen molar-refractivity contribution in [2.24, 2.45) is 0 Å². The minimum absolute atomic E-state index is 0.918. The molecule has 1 aromatic heterocycles. The van der Waals surface area contributed by atoms with Crippen LogP contribution in [0.1, 0.15) is 12.6 Å². The Bertz CT molecular complexity index is 413. The third kappa shape index (κ3) is 5.61. The molecule has 1 aromatic rings. The molecule has 0 radical (unpaired) electrons. The molecule has 2 heterocycles. The van der Waals surface area contributed by atoms with E-state index < -0.39 is 0 Å². The van der Waals surface area contributed by atoms with Crippen LogP contribution in [0.25, 0.3) is 0 Å². The van der Waals surface area contributed by atoms with Gasteiger partial charge in [0.15, 0.2) is 0 Å². The third-order valence-corrected chi connectivity index (χ3v) is 3.88. The average molecular weight is 291 g/mol. The molecule has 0 bridgehead atoms. The zero-order chi connectivity index (χ0) is 15.1. The lowest BCUT2D eigenvalue weighted by molar-refractivity contribution is 0.119. The smallest absolute Gasteiger partial charge is 0.126 e. The van der Waals surface area contributed by atoms with Gasteiger partial charge in [0.1, 0.15) is 5.82 Å². The molecule has 0 unspecified atom stereocenters. The minimum atomic E-state index is 0.918. The van der Waals surface area contributed by atoms with Crippen LogP contribution < -0.4 is 5.32 Å². The van der Waals surface area contributed by atoms with Gasteiger partial charge in [-0.25, -0.2) is 4.98 Å². The van der Waals surface area contributed by atoms with Crippen LogP contribution >= 0.6 is 0 Å². The van der Waals surface area contributed by atoms with Crippen LogP contribution in [0.5, 0.6) is 0 Å². The van der Waals surface area contributed by atoms with Crippen LogP contribution in [-0.4, -0.2) is 79.6 Å². The SMILES string of the molecule is CCNc1cccc(CN2CCN(CCN(C)C)CC2)n1. The maximum absolute atomic E-state index is 4.66. The molecular formula is C16H29N5. The molecule has 1 N–H and O–H groups in total. The normalized spacial score (nSPS) is 17.3. The molecule has 1 aliphatic heterocycles. The molecule has 0 amide bonds. The largest absolute Gasteiger partial charge is 0.370 e. The number of rotatable bonds is 7. The first kappa shape index (κ1) is 16.2. The number of aromatic nitrogens is 1. The summed E-state index contributed by atoms with van der Waals surface area (Å²) in [5, 5.41) is 3.28. The van der Waals surface area contributed by atoms with Crippen LogP contribution in [0.4, 0.5) is 5.82 Å². The topological polar surface area (TPSA) is 34.6 Å². The molecule has 0 atom stereocenters. The molecule has 0 aromatic carbocycles. The second kappa shape index (κ2) is 8.32. The van der Waals surface area contributed by atoms with Crippen molar-refractivity contribution >= 4 is 5.82 Å². The highest BCUT2D eigenvalue weighted by Gasteiger charge is 2.17. The number of likely N-dealkylation sites (N-methyl/N-ethyl adjacent to an activating group) is 1. The molecular weight excluding hydrogens is 262 g/mol. The number of hydrogen-bond donors (Lipinski definition) is 1. The third-order valence-electron chi connectivity index (χ3n) is 3.88. The second-order valence-corrected chi connectivity index (χ2v) is 5.97. The van der Waals surface area contributed by atoms with E-state index >= 15 is 0 Å². The van der Waals surface area contributed by atoms with Crippen LogP contribution in [0.3, 0.4) is 0 Å². The summed E-state index contributed by atoms with van der Waals surface area (Å²) in [6.07, 6.45) is 0. The molecule has 0 spiro atoms. The highest BCUT2D eigenvalue weighted by molar-refractivity contribution is 5.34. The molecule has 5 heteroatoms. The first-order chi connectivity index (χ1) is 10.2. The molecule has 118 valence electrons. The van der Waals surface area contributed by atoms with Gasteiger partial charge in [0.2, 0.25) is 0 Å². The number of nitrogens with zero attached hydrogens (tertiary/aromatic N) is 4. The van der Waals surface area contributed by atoms with E-state index in [0.29, 0.717) is 0 Å². The van der Waals surface area contributed by atoms with E-state index in [0.717, 1.165) is 44.2 Å². The summed E-state index contributed by atoms with van der Waals surface area (Å²) < 4.78 is 0. The molecule has 0 saturated carbocycles. The Labute approximate surface area is 128 Å². The quantitative estimate of drug-likeness (QED) is 0.816. The van der Waals surface area contributed by atoms with Crippen molar-refractivity contribution in [2.45, 2.75) is 13.5 Å². The summed E-state index contributed by atoms with van der Waals surface area (Å²) in [6.45, 7) is 10.9. The van der Waals surface area contributed by atoms with E-state index in [2.05, 4.69) is 58.2 Å². The maximum atomic E-state index is 4.66. The highest BCUT2D eigenvalue weighted by atomic mass is 15.3. The van der Waals surface area contributed by atoms with E-state index in [1.54, 1.807) is 0 Å². The summed E-state index contributed by atoms with van der Waals surface area (Å²) in [4.78, 5) is 12.0. The van der Waals surface area contributed by atoms with Crippen molar-refractivity contribution in [1.82, 2.24) is 19.7 Å². The molecule has 0 aliphatic carbocycles. The van der Waals surface area contributed by atoms with E-state index in [1.807, 2.05) is 6.07 Å². The van der Waals surface area contributed by atoms with Gasteiger partial charge in [-0.1, -0.05) is 6.07 Å². The fraction of sp³-hybridized carbons (Fsp3) is 0.688. The predicted molar refractivity (Wildman–Crippen MR) is 88.7 cm³/mol.